The number of carboxylic acids is 1. The molecule has 2 aromatic rings. The number of aliphatic carboxylic acids is 1. The van der Waals surface area contributed by atoms with Crippen LogP contribution in [0.4, 0.5) is 11.4 Å². The molecule has 0 saturated heterocycles. The van der Waals surface area contributed by atoms with Crippen molar-refractivity contribution in [1.82, 2.24) is 0 Å². The van der Waals surface area contributed by atoms with E-state index in [1.54, 1.807) is 43.3 Å². The third-order valence-electron chi connectivity index (χ3n) is 3.29. The number of anilines is 2. The van der Waals surface area contributed by atoms with Crippen molar-refractivity contribution < 1.29 is 19.5 Å². The van der Waals surface area contributed by atoms with Gasteiger partial charge in [-0.05, 0) is 42.8 Å². The lowest BCUT2D eigenvalue weighted by Crippen LogP contribution is -2.14. The van der Waals surface area contributed by atoms with Gasteiger partial charge < -0.3 is 15.7 Å². The van der Waals surface area contributed by atoms with E-state index in [0.717, 1.165) is 17.7 Å². The standard InChI is InChI=1S/C18H15ClN2O4/c1-11-14(19)6-3-7-15(11)21-18(25)12-4-2-5-13(10-12)20-16(22)8-9-17(23)24/h2-10H,1H3,(H,20,22)(H,21,25)(H,23,24)/b9-8-. The predicted octanol–water partition coefficient (Wildman–Crippen LogP) is 3.48. The van der Waals surface area contributed by atoms with Crippen molar-refractivity contribution >= 4 is 40.8 Å². The van der Waals surface area contributed by atoms with E-state index in [2.05, 4.69) is 10.6 Å². The minimum atomic E-state index is -1.22. The van der Waals surface area contributed by atoms with Crippen LogP contribution in [0.3, 0.4) is 0 Å². The summed E-state index contributed by atoms with van der Waals surface area (Å²) < 4.78 is 0. The Morgan fingerprint density at radius 3 is 2.48 bits per heavy atom. The topological polar surface area (TPSA) is 95.5 Å². The maximum Gasteiger partial charge on any atom is 0.328 e. The Bertz CT molecular complexity index is 862. The summed E-state index contributed by atoms with van der Waals surface area (Å²) in [6, 6.07) is 11.5. The normalized spacial score (nSPS) is 10.5. The molecule has 0 bridgehead atoms. The van der Waals surface area contributed by atoms with Gasteiger partial charge in [0.1, 0.15) is 0 Å². The van der Waals surface area contributed by atoms with Gasteiger partial charge in [0.05, 0.1) is 0 Å². The van der Waals surface area contributed by atoms with Crippen LogP contribution >= 0.6 is 11.6 Å². The number of carbonyl (C=O) groups excluding carboxylic acids is 2. The minimum absolute atomic E-state index is 0.333. The lowest BCUT2D eigenvalue weighted by Gasteiger charge is -2.10. The van der Waals surface area contributed by atoms with Gasteiger partial charge in [0.15, 0.2) is 0 Å². The number of carbonyl (C=O) groups is 3. The summed E-state index contributed by atoms with van der Waals surface area (Å²) >= 11 is 6.03. The van der Waals surface area contributed by atoms with E-state index in [-0.39, 0.29) is 5.91 Å². The molecule has 0 aromatic heterocycles. The molecule has 2 amide bonds. The second kappa shape index (κ2) is 8.12. The molecule has 2 rings (SSSR count). The van der Waals surface area contributed by atoms with Crippen molar-refractivity contribution in [3.05, 3.63) is 70.8 Å². The van der Waals surface area contributed by atoms with E-state index in [4.69, 9.17) is 16.7 Å². The molecular formula is C18H15ClN2O4. The van der Waals surface area contributed by atoms with Crippen LogP contribution < -0.4 is 10.6 Å². The summed E-state index contributed by atoms with van der Waals surface area (Å²) in [6.45, 7) is 1.80. The lowest BCUT2D eigenvalue weighted by molar-refractivity contribution is -0.131. The molecule has 0 spiro atoms. The molecule has 0 heterocycles. The van der Waals surface area contributed by atoms with Crippen LogP contribution in [0.5, 0.6) is 0 Å². The van der Waals surface area contributed by atoms with Gasteiger partial charge in [-0.25, -0.2) is 4.79 Å². The SMILES string of the molecule is Cc1c(Cl)cccc1NC(=O)c1cccc(NC(=O)/C=C\C(=O)O)c1. The average Bonchev–Trinajstić information content (AvgIpc) is 2.57. The zero-order chi connectivity index (χ0) is 18.4. The summed E-state index contributed by atoms with van der Waals surface area (Å²) in [5.41, 5.74) is 2.05. The van der Waals surface area contributed by atoms with Gasteiger partial charge >= 0.3 is 5.97 Å². The number of hydrogen-bond donors (Lipinski definition) is 3. The molecule has 0 radical (unpaired) electrons. The Balaban J connectivity index is 2.12. The third kappa shape index (κ3) is 5.19. The van der Waals surface area contributed by atoms with Gasteiger partial charge in [-0.2, -0.15) is 0 Å². The number of carboxylic acid groups (broad SMARTS) is 1. The molecular weight excluding hydrogens is 344 g/mol. The first kappa shape index (κ1) is 18.2. The Hall–Kier alpha value is -3.12. The molecule has 25 heavy (non-hydrogen) atoms. The van der Waals surface area contributed by atoms with E-state index < -0.39 is 11.9 Å². The van der Waals surface area contributed by atoms with E-state index in [0.29, 0.717) is 22.0 Å². The summed E-state index contributed by atoms with van der Waals surface area (Å²) in [4.78, 5) is 34.4. The number of nitrogens with one attached hydrogen (secondary N) is 2. The smallest absolute Gasteiger partial charge is 0.328 e. The second-order valence-electron chi connectivity index (χ2n) is 5.11. The summed E-state index contributed by atoms with van der Waals surface area (Å²) in [7, 11) is 0. The largest absolute Gasteiger partial charge is 0.478 e. The summed E-state index contributed by atoms with van der Waals surface area (Å²) in [5.74, 6) is -2.19. The molecule has 0 unspecified atom stereocenters. The van der Waals surface area contributed by atoms with Crippen molar-refractivity contribution in [2.75, 3.05) is 10.6 Å². The second-order valence-corrected chi connectivity index (χ2v) is 5.52. The van der Waals surface area contributed by atoms with Gasteiger partial charge in [-0.3, -0.25) is 9.59 Å². The Morgan fingerprint density at radius 1 is 1.04 bits per heavy atom. The average molecular weight is 359 g/mol. The molecule has 0 fully saturated rings. The summed E-state index contributed by atoms with van der Waals surface area (Å²) in [5, 5.41) is 14.3. The minimum Gasteiger partial charge on any atom is -0.478 e. The van der Waals surface area contributed by atoms with Gasteiger partial charge in [-0.15, -0.1) is 0 Å². The molecule has 0 saturated carbocycles. The van der Waals surface area contributed by atoms with Crippen molar-refractivity contribution in [3.63, 3.8) is 0 Å². The van der Waals surface area contributed by atoms with Crippen LogP contribution in [-0.2, 0) is 9.59 Å². The maximum atomic E-state index is 12.4. The first-order valence-corrected chi connectivity index (χ1v) is 7.63. The van der Waals surface area contributed by atoms with Crippen LogP contribution in [0.25, 0.3) is 0 Å². The van der Waals surface area contributed by atoms with Crippen LogP contribution in [0.1, 0.15) is 15.9 Å². The van der Waals surface area contributed by atoms with Crippen molar-refractivity contribution in [3.8, 4) is 0 Å². The van der Waals surface area contributed by atoms with Gasteiger partial charge in [0.2, 0.25) is 5.91 Å². The fourth-order valence-corrected chi connectivity index (χ4v) is 2.18. The first-order chi connectivity index (χ1) is 11.9. The molecule has 7 heteroatoms. The van der Waals surface area contributed by atoms with E-state index in [9.17, 15) is 14.4 Å². The third-order valence-corrected chi connectivity index (χ3v) is 3.69. The number of hydrogen-bond acceptors (Lipinski definition) is 3. The van der Waals surface area contributed by atoms with E-state index >= 15 is 0 Å². The summed E-state index contributed by atoms with van der Waals surface area (Å²) in [6.07, 6.45) is 1.62. The lowest BCUT2D eigenvalue weighted by atomic mass is 10.1. The highest BCUT2D eigenvalue weighted by Crippen LogP contribution is 2.23. The number of halogens is 1. The zero-order valence-corrected chi connectivity index (χ0v) is 14.0. The number of rotatable bonds is 5. The Kier molecular flexibility index (Phi) is 5.92. The fourth-order valence-electron chi connectivity index (χ4n) is 2.01. The highest BCUT2D eigenvalue weighted by molar-refractivity contribution is 6.31. The van der Waals surface area contributed by atoms with Crippen LogP contribution in [-0.4, -0.2) is 22.9 Å². The monoisotopic (exact) mass is 358 g/mol. The molecule has 6 nitrogen and oxygen atoms in total. The Morgan fingerprint density at radius 2 is 1.76 bits per heavy atom. The van der Waals surface area contributed by atoms with E-state index in [1.165, 1.54) is 6.07 Å². The maximum absolute atomic E-state index is 12.4. The molecule has 0 aliphatic carbocycles. The first-order valence-electron chi connectivity index (χ1n) is 7.25. The van der Waals surface area contributed by atoms with Crippen molar-refractivity contribution in [1.29, 1.82) is 0 Å². The molecule has 3 N–H and O–H groups in total. The highest BCUT2D eigenvalue weighted by Gasteiger charge is 2.10. The molecule has 0 aliphatic rings. The molecule has 128 valence electrons. The van der Waals surface area contributed by atoms with Crippen LogP contribution in [0.15, 0.2) is 54.6 Å². The van der Waals surface area contributed by atoms with Crippen molar-refractivity contribution in [2.45, 2.75) is 6.92 Å². The van der Waals surface area contributed by atoms with Gasteiger partial charge in [-0.1, -0.05) is 23.7 Å². The number of benzene rings is 2. The highest BCUT2D eigenvalue weighted by atomic mass is 35.5. The number of amides is 2. The predicted molar refractivity (Wildman–Crippen MR) is 96.0 cm³/mol. The zero-order valence-electron chi connectivity index (χ0n) is 13.2. The molecule has 0 aliphatic heterocycles. The van der Waals surface area contributed by atoms with E-state index in [1.807, 2.05) is 0 Å². The quantitative estimate of drug-likeness (QED) is 0.713. The van der Waals surface area contributed by atoms with Gasteiger partial charge in [0.25, 0.3) is 5.91 Å². The van der Waals surface area contributed by atoms with Crippen LogP contribution in [0.2, 0.25) is 5.02 Å². The van der Waals surface area contributed by atoms with Gasteiger partial charge in [0, 0.05) is 34.1 Å². The molecule has 0 atom stereocenters. The van der Waals surface area contributed by atoms with Crippen LogP contribution in [0, 0.1) is 6.92 Å². The Labute approximate surface area is 149 Å². The fraction of sp³-hybridized carbons (Fsp3) is 0.0556. The molecule has 2 aromatic carbocycles. The van der Waals surface area contributed by atoms with Crippen molar-refractivity contribution in [2.24, 2.45) is 0 Å².